The summed E-state index contributed by atoms with van der Waals surface area (Å²) >= 11 is 1.91. The number of allylic oxidation sites excluding steroid dienone is 1. The SMILES string of the molecule is C1=Cc2cccc3cc4c(c(c23)C1)Sc1ccccc1N4c1ccc(-c2ccccc2)cc1. The first-order chi connectivity index (χ1) is 16.4. The third-order valence-electron chi connectivity index (χ3n) is 6.64. The Bertz CT molecular complexity index is 1550. The van der Waals surface area contributed by atoms with Crippen molar-refractivity contribution in [3.63, 3.8) is 0 Å². The molecule has 1 aliphatic heterocycles. The van der Waals surface area contributed by atoms with Crippen LogP contribution in [0.5, 0.6) is 0 Å². The van der Waals surface area contributed by atoms with Gasteiger partial charge in [-0.3, -0.25) is 0 Å². The second kappa shape index (κ2) is 7.40. The molecule has 2 aliphatic rings. The van der Waals surface area contributed by atoms with Crippen molar-refractivity contribution in [1.29, 1.82) is 0 Å². The monoisotopic (exact) mass is 439 g/mol. The normalized spacial score (nSPS) is 13.6. The number of hydrogen-bond donors (Lipinski definition) is 0. The van der Waals surface area contributed by atoms with Gasteiger partial charge < -0.3 is 4.90 Å². The molecule has 5 aromatic rings. The van der Waals surface area contributed by atoms with Crippen molar-refractivity contribution < 1.29 is 0 Å². The van der Waals surface area contributed by atoms with Gasteiger partial charge in [-0.05, 0) is 69.8 Å². The van der Waals surface area contributed by atoms with Gasteiger partial charge >= 0.3 is 0 Å². The maximum atomic E-state index is 2.44. The summed E-state index contributed by atoms with van der Waals surface area (Å²) in [4.78, 5) is 5.13. The molecule has 0 aromatic heterocycles. The number of benzene rings is 5. The van der Waals surface area contributed by atoms with Gasteiger partial charge in [0.05, 0.1) is 11.4 Å². The Morgan fingerprint density at radius 1 is 0.667 bits per heavy atom. The summed E-state index contributed by atoms with van der Waals surface area (Å²) < 4.78 is 0. The molecule has 0 amide bonds. The molecular formula is C31H21NS. The highest BCUT2D eigenvalue weighted by atomic mass is 32.2. The van der Waals surface area contributed by atoms with Crippen LogP contribution in [0.2, 0.25) is 0 Å². The largest absolute Gasteiger partial charge is 0.308 e. The minimum Gasteiger partial charge on any atom is -0.308 e. The first-order valence-electron chi connectivity index (χ1n) is 11.3. The molecule has 156 valence electrons. The van der Waals surface area contributed by atoms with Gasteiger partial charge in [0, 0.05) is 15.5 Å². The average molecular weight is 440 g/mol. The van der Waals surface area contributed by atoms with Gasteiger partial charge in [0.2, 0.25) is 0 Å². The van der Waals surface area contributed by atoms with Gasteiger partial charge in [-0.1, -0.05) is 96.7 Å². The fraction of sp³-hybridized carbons (Fsp3) is 0.0323. The summed E-state index contributed by atoms with van der Waals surface area (Å²) in [6.45, 7) is 0. The standard InChI is InChI=1S/C31H21NS/c1-2-8-21(9-3-1)22-16-18-25(19-17-22)32-27-14-4-5-15-29(27)33-31-26-13-7-11-23-10-6-12-24(30(23)26)20-28(31)32/h1-12,14-20H,13H2. The Kier molecular flexibility index (Phi) is 4.21. The average Bonchev–Trinajstić information content (AvgIpc) is 2.89. The van der Waals surface area contributed by atoms with E-state index in [1.54, 1.807) is 0 Å². The highest BCUT2D eigenvalue weighted by molar-refractivity contribution is 7.99. The summed E-state index contributed by atoms with van der Waals surface area (Å²) in [6.07, 6.45) is 5.55. The van der Waals surface area contributed by atoms with Crippen LogP contribution in [0, 0.1) is 0 Å². The van der Waals surface area contributed by atoms with Gasteiger partial charge in [0.1, 0.15) is 0 Å². The highest BCUT2D eigenvalue weighted by Crippen LogP contribution is 2.54. The Balaban J connectivity index is 1.45. The fourth-order valence-electron chi connectivity index (χ4n) is 5.14. The van der Waals surface area contributed by atoms with E-state index in [2.05, 4.69) is 120 Å². The molecule has 1 heterocycles. The van der Waals surface area contributed by atoms with Crippen molar-refractivity contribution in [1.82, 2.24) is 0 Å². The Hall–Kier alpha value is -3.75. The zero-order chi connectivity index (χ0) is 21.8. The van der Waals surface area contributed by atoms with Crippen LogP contribution in [-0.2, 0) is 6.42 Å². The molecule has 1 aliphatic carbocycles. The first kappa shape index (κ1) is 18.8. The van der Waals surface area contributed by atoms with E-state index in [1.165, 1.54) is 59.9 Å². The molecule has 33 heavy (non-hydrogen) atoms. The van der Waals surface area contributed by atoms with Crippen molar-refractivity contribution in [2.24, 2.45) is 0 Å². The van der Waals surface area contributed by atoms with Gasteiger partial charge in [-0.2, -0.15) is 0 Å². The van der Waals surface area contributed by atoms with Crippen LogP contribution < -0.4 is 4.90 Å². The van der Waals surface area contributed by atoms with Crippen LogP contribution in [0.15, 0.2) is 119 Å². The smallest absolute Gasteiger partial charge is 0.0610 e. The predicted molar refractivity (Wildman–Crippen MR) is 141 cm³/mol. The molecule has 0 N–H and O–H groups in total. The minimum absolute atomic E-state index is 0.979. The van der Waals surface area contributed by atoms with Crippen molar-refractivity contribution in [3.8, 4) is 11.1 Å². The van der Waals surface area contributed by atoms with E-state index in [0.29, 0.717) is 0 Å². The van der Waals surface area contributed by atoms with Crippen molar-refractivity contribution in [3.05, 3.63) is 120 Å². The van der Waals surface area contributed by atoms with Gasteiger partial charge in [0.15, 0.2) is 0 Å². The molecule has 0 bridgehead atoms. The lowest BCUT2D eigenvalue weighted by Crippen LogP contribution is -2.16. The summed E-state index contributed by atoms with van der Waals surface area (Å²) in [7, 11) is 0. The number of anilines is 3. The Labute approximate surface area is 198 Å². The first-order valence-corrected chi connectivity index (χ1v) is 12.2. The fourth-order valence-corrected chi connectivity index (χ4v) is 6.33. The molecule has 0 saturated heterocycles. The zero-order valence-electron chi connectivity index (χ0n) is 18.0. The maximum Gasteiger partial charge on any atom is 0.0610 e. The van der Waals surface area contributed by atoms with E-state index in [0.717, 1.165) is 6.42 Å². The molecule has 0 radical (unpaired) electrons. The molecule has 7 rings (SSSR count). The minimum atomic E-state index is 0.979. The quantitative estimate of drug-likeness (QED) is 0.265. The highest BCUT2D eigenvalue weighted by Gasteiger charge is 2.28. The van der Waals surface area contributed by atoms with E-state index in [4.69, 9.17) is 0 Å². The van der Waals surface area contributed by atoms with Crippen LogP contribution in [-0.4, -0.2) is 0 Å². The Morgan fingerprint density at radius 3 is 2.33 bits per heavy atom. The topological polar surface area (TPSA) is 3.24 Å². The number of hydrogen-bond acceptors (Lipinski definition) is 2. The molecule has 5 aromatic carbocycles. The number of para-hydroxylation sites is 1. The summed E-state index contributed by atoms with van der Waals surface area (Å²) in [5.74, 6) is 0. The molecular weight excluding hydrogens is 418 g/mol. The van der Waals surface area contributed by atoms with Crippen LogP contribution in [0.1, 0.15) is 11.1 Å². The van der Waals surface area contributed by atoms with E-state index in [1.807, 2.05) is 11.8 Å². The molecule has 0 fully saturated rings. The summed E-state index contributed by atoms with van der Waals surface area (Å²) in [5, 5.41) is 2.72. The van der Waals surface area contributed by atoms with E-state index < -0.39 is 0 Å². The summed E-state index contributed by atoms with van der Waals surface area (Å²) in [5.41, 5.74) is 8.98. The van der Waals surface area contributed by atoms with E-state index in [9.17, 15) is 0 Å². The number of rotatable bonds is 2. The van der Waals surface area contributed by atoms with Crippen LogP contribution >= 0.6 is 11.8 Å². The van der Waals surface area contributed by atoms with E-state index >= 15 is 0 Å². The second-order valence-electron chi connectivity index (χ2n) is 8.57. The van der Waals surface area contributed by atoms with Crippen molar-refractivity contribution in [2.45, 2.75) is 16.2 Å². The van der Waals surface area contributed by atoms with Gasteiger partial charge in [-0.15, -0.1) is 0 Å². The van der Waals surface area contributed by atoms with Crippen molar-refractivity contribution in [2.75, 3.05) is 4.90 Å². The van der Waals surface area contributed by atoms with E-state index in [-0.39, 0.29) is 0 Å². The van der Waals surface area contributed by atoms with Gasteiger partial charge in [-0.25, -0.2) is 0 Å². The summed E-state index contributed by atoms with van der Waals surface area (Å²) in [6, 6.07) is 37.4. The molecule has 1 nitrogen and oxygen atoms in total. The van der Waals surface area contributed by atoms with Crippen LogP contribution in [0.25, 0.3) is 28.0 Å². The van der Waals surface area contributed by atoms with Crippen LogP contribution in [0.4, 0.5) is 17.1 Å². The maximum absolute atomic E-state index is 2.44. The molecule has 0 atom stereocenters. The van der Waals surface area contributed by atoms with Gasteiger partial charge in [0.25, 0.3) is 0 Å². The third-order valence-corrected chi connectivity index (χ3v) is 7.87. The zero-order valence-corrected chi connectivity index (χ0v) is 18.8. The lowest BCUT2D eigenvalue weighted by atomic mass is 9.92. The lowest BCUT2D eigenvalue weighted by molar-refractivity contribution is 1.12. The third kappa shape index (κ3) is 2.95. The molecule has 0 saturated carbocycles. The Morgan fingerprint density at radius 2 is 1.45 bits per heavy atom. The lowest BCUT2D eigenvalue weighted by Gasteiger charge is -2.35. The van der Waals surface area contributed by atoms with Crippen LogP contribution in [0.3, 0.4) is 0 Å². The molecule has 0 unspecified atom stereocenters. The second-order valence-corrected chi connectivity index (χ2v) is 9.63. The predicted octanol–water partition coefficient (Wildman–Crippen LogP) is 9.01. The van der Waals surface area contributed by atoms with Crippen molar-refractivity contribution >= 4 is 45.7 Å². The number of nitrogens with zero attached hydrogens (tertiary/aromatic N) is 1. The molecule has 2 heteroatoms. The number of fused-ring (bicyclic) bond motifs is 3. The molecule has 0 spiro atoms.